The Balaban J connectivity index is 1.86. The molecule has 1 aromatic heterocycles. The van der Waals surface area contributed by atoms with Crippen LogP contribution in [0.4, 0.5) is 0 Å². The largest absolute Gasteiger partial charge is 0.314 e. The molecular weight excluding hydrogens is 284 g/mol. The van der Waals surface area contributed by atoms with E-state index in [9.17, 15) is 0 Å². The minimum atomic E-state index is 0.353. The summed E-state index contributed by atoms with van der Waals surface area (Å²) in [6.45, 7) is 5.82. The maximum absolute atomic E-state index is 3.52. The summed E-state index contributed by atoms with van der Waals surface area (Å²) in [6.07, 6.45) is 2.49. The molecule has 90 valence electrons. The third-order valence-electron chi connectivity index (χ3n) is 3.59. The monoisotopic (exact) mass is 302 g/mol. The van der Waals surface area contributed by atoms with Crippen LogP contribution in [0.15, 0.2) is 15.2 Å². The van der Waals surface area contributed by atoms with Gasteiger partial charge in [0.05, 0.1) is 3.79 Å². The van der Waals surface area contributed by atoms with Crippen molar-refractivity contribution in [2.75, 3.05) is 20.1 Å². The van der Waals surface area contributed by atoms with Crippen LogP contribution in [0.1, 0.15) is 25.3 Å². The second kappa shape index (κ2) is 5.17. The van der Waals surface area contributed by atoms with Crippen molar-refractivity contribution < 1.29 is 0 Å². The Bertz CT molecular complexity index is 343. The van der Waals surface area contributed by atoms with Gasteiger partial charge in [-0.1, -0.05) is 0 Å². The molecule has 0 saturated carbocycles. The normalized spacial score (nSPS) is 21.2. The number of nitrogens with zero attached hydrogens (tertiary/aromatic N) is 1. The fourth-order valence-corrected chi connectivity index (χ4v) is 3.34. The van der Waals surface area contributed by atoms with Crippen LogP contribution >= 0.6 is 27.3 Å². The van der Waals surface area contributed by atoms with E-state index < -0.39 is 0 Å². The number of hydrogen-bond acceptors (Lipinski definition) is 3. The fraction of sp³-hybridized carbons (Fsp3) is 0.667. The lowest BCUT2D eigenvalue weighted by atomic mass is 9.90. The summed E-state index contributed by atoms with van der Waals surface area (Å²) < 4.78 is 1.24. The van der Waals surface area contributed by atoms with Crippen LogP contribution in [0.2, 0.25) is 0 Å². The molecule has 0 unspecified atom stereocenters. The van der Waals surface area contributed by atoms with Crippen LogP contribution in [0.5, 0.6) is 0 Å². The summed E-state index contributed by atoms with van der Waals surface area (Å²) in [6, 6.07) is 2.23. The Morgan fingerprint density at radius 1 is 1.50 bits per heavy atom. The number of rotatable bonds is 3. The quantitative estimate of drug-likeness (QED) is 0.923. The average molecular weight is 303 g/mol. The number of hydrogen-bond donors (Lipinski definition) is 1. The van der Waals surface area contributed by atoms with Gasteiger partial charge in [-0.25, -0.2) is 0 Å². The Morgan fingerprint density at radius 3 is 2.69 bits per heavy atom. The van der Waals surface area contributed by atoms with Crippen molar-refractivity contribution in [3.05, 3.63) is 20.8 Å². The maximum atomic E-state index is 3.52. The lowest BCUT2D eigenvalue weighted by Gasteiger charge is -2.39. The molecule has 2 nitrogen and oxygen atoms in total. The van der Waals surface area contributed by atoms with Crippen molar-refractivity contribution in [1.82, 2.24) is 10.2 Å². The average Bonchev–Trinajstić information content (AvgIpc) is 2.68. The summed E-state index contributed by atoms with van der Waals surface area (Å²) in [4.78, 5) is 2.55. The van der Waals surface area contributed by atoms with E-state index in [1.165, 1.54) is 35.3 Å². The van der Waals surface area contributed by atoms with E-state index in [2.05, 4.69) is 51.6 Å². The molecule has 0 spiro atoms. The molecule has 0 radical (unpaired) electrons. The van der Waals surface area contributed by atoms with E-state index in [-0.39, 0.29) is 0 Å². The summed E-state index contributed by atoms with van der Waals surface area (Å²) in [7, 11) is 2.08. The van der Waals surface area contributed by atoms with E-state index in [4.69, 9.17) is 0 Å². The fourth-order valence-electron chi connectivity index (χ4n) is 2.14. The summed E-state index contributed by atoms with van der Waals surface area (Å²) in [5.41, 5.74) is 1.79. The zero-order valence-electron chi connectivity index (χ0n) is 9.92. The zero-order valence-corrected chi connectivity index (χ0v) is 12.3. The first-order chi connectivity index (χ1) is 7.61. The van der Waals surface area contributed by atoms with Crippen LogP contribution < -0.4 is 5.32 Å². The molecule has 1 aliphatic rings. The molecule has 1 N–H and O–H groups in total. The van der Waals surface area contributed by atoms with Gasteiger partial charge in [-0.3, -0.25) is 4.90 Å². The molecule has 2 heterocycles. The highest BCUT2D eigenvalue weighted by molar-refractivity contribution is 9.11. The Labute approximate surface area is 110 Å². The van der Waals surface area contributed by atoms with Gasteiger partial charge >= 0.3 is 0 Å². The number of likely N-dealkylation sites (tertiary alicyclic amines) is 1. The van der Waals surface area contributed by atoms with Gasteiger partial charge in [0.25, 0.3) is 0 Å². The third-order valence-corrected chi connectivity index (χ3v) is 5.14. The summed E-state index contributed by atoms with van der Waals surface area (Å²) in [5, 5.41) is 5.68. The van der Waals surface area contributed by atoms with E-state index >= 15 is 0 Å². The van der Waals surface area contributed by atoms with Gasteiger partial charge in [-0.05, 0) is 59.8 Å². The second-order valence-electron chi connectivity index (χ2n) is 4.85. The Kier molecular flexibility index (Phi) is 4.06. The van der Waals surface area contributed by atoms with Gasteiger partial charge in [0.15, 0.2) is 0 Å². The van der Waals surface area contributed by atoms with E-state index in [1.54, 1.807) is 11.3 Å². The van der Waals surface area contributed by atoms with Gasteiger partial charge in [0, 0.05) is 25.2 Å². The van der Waals surface area contributed by atoms with Crippen molar-refractivity contribution in [3.8, 4) is 0 Å². The number of halogens is 1. The second-order valence-corrected chi connectivity index (χ2v) is 7.14. The van der Waals surface area contributed by atoms with Gasteiger partial charge in [0.2, 0.25) is 0 Å². The molecule has 1 fully saturated rings. The van der Waals surface area contributed by atoms with Crippen molar-refractivity contribution in [3.63, 3.8) is 0 Å². The molecule has 0 atom stereocenters. The van der Waals surface area contributed by atoms with Crippen LogP contribution in [0, 0.1) is 0 Å². The van der Waals surface area contributed by atoms with Crippen molar-refractivity contribution >= 4 is 27.3 Å². The number of thiophene rings is 1. The van der Waals surface area contributed by atoms with Crippen LogP contribution in [-0.2, 0) is 6.54 Å². The molecule has 0 aromatic carbocycles. The topological polar surface area (TPSA) is 15.3 Å². The minimum Gasteiger partial charge on any atom is -0.314 e. The lowest BCUT2D eigenvalue weighted by Crippen LogP contribution is -2.49. The summed E-state index contributed by atoms with van der Waals surface area (Å²) >= 11 is 5.29. The third kappa shape index (κ3) is 3.06. The first-order valence-electron chi connectivity index (χ1n) is 5.75. The van der Waals surface area contributed by atoms with Gasteiger partial charge in [0.1, 0.15) is 0 Å². The minimum absolute atomic E-state index is 0.353. The zero-order chi connectivity index (χ0) is 11.6. The van der Waals surface area contributed by atoms with Gasteiger partial charge in [-0.15, -0.1) is 11.3 Å². The molecular formula is C12H19BrN2S. The van der Waals surface area contributed by atoms with E-state index in [1.807, 2.05) is 0 Å². The highest BCUT2D eigenvalue weighted by Gasteiger charge is 2.27. The van der Waals surface area contributed by atoms with Gasteiger partial charge < -0.3 is 5.32 Å². The number of nitrogens with one attached hydrogen (secondary N) is 1. The van der Waals surface area contributed by atoms with Gasteiger partial charge in [-0.2, -0.15) is 0 Å². The standard InChI is InChI=1S/C12H19BrN2S/c1-12(14-2)3-5-15(6-4-12)8-10-7-11(13)16-9-10/h7,9,14H,3-6,8H2,1-2H3. The Hall–Kier alpha value is 0.100. The van der Waals surface area contributed by atoms with Crippen molar-refractivity contribution in [1.29, 1.82) is 0 Å². The molecule has 16 heavy (non-hydrogen) atoms. The first kappa shape index (κ1) is 12.6. The molecule has 1 aliphatic heterocycles. The molecule has 0 aliphatic carbocycles. The summed E-state index contributed by atoms with van der Waals surface area (Å²) in [5.74, 6) is 0. The molecule has 0 amide bonds. The highest BCUT2D eigenvalue weighted by Crippen LogP contribution is 2.25. The number of piperidine rings is 1. The predicted octanol–water partition coefficient (Wildman–Crippen LogP) is 3.08. The molecule has 0 bridgehead atoms. The SMILES string of the molecule is CNC1(C)CCN(Cc2csc(Br)c2)CC1. The first-order valence-corrected chi connectivity index (χ1v) is 7.43. The van der Waals surface area contributed by atoms with Crippen LogP contribution in [0.3, 0.4) is 0 Å². The molecule has 2 rings (SSSR count). The van der Waals surface area contributed by atoms with E-state index in [0.29, 0.717) is 5.54 Å². The lowest BCUT2D eigenvalue weighted by molar-refractivity contribution is 0.146. The van der Waals surface area contributed by atoms with Crippen LogP contribution in [0.25, 0.3) is 0 Å². The predicted molar refractivity (Wildman–Crippen MR) is 74.0 cm³/mol. The van der Waals surface area contributed by atoms with Crippen LogP contribution in [-0.4, -0.2) is 30.6 Å². The highest BCUT2D eigenvalue weighted by atomic mass is 79.9. The molecule has 4 heteroatoms. The molecule has 1 saturated heterocycles. The van der Waals surface area contributed by atoms with E-state index in [0.717, 1.165) is 6.54 Å². The molecule has 1 aromatic rings. The van der Waals surface area contributed by atoms with Crippen molar-refractivity contribution in [2.24, 2.45) is 0 Å². The Morgan fingerprint density at radius 2 is 2.19 bits per heavy atom. The smallest absolute Gasteiger partial charge is 0.0701 e. The maximum Gasteiger partial charge on any atom is 0.0701 e. The van der Waals surface area contributed by atoms with Crippen molar-refractivity contribution in [2.45, 2.75) is 31.8 Å².